The Morgan fingerprint density at radius 1 is 1.12 bits per heavy atom. The summed E-state index contributed by atoms with van der Waals surface area (Å²) in [6.07, 6.45) is 0. The molecule has 2 aromatic carbocycles. The molecule has 0 unspecified atom stereocenters. The molecule has 0 aromatic heterocycles. The molecule has 0 bridgehead atoms. The Kier molecular flexibility index (Phi) is 7.12. The molecule has 0 saturated carbocycles. The predicted molar refractivity (Wildman–Crippen MR) is 104 cm³/mol. The Morgan fingerprint density at radius 2 is 1.80 bits per heavy atom. The van der Waals surface area contributed by atoms with Gasteiger partial charge < -0.3 is 20.5 Å². The van der Waals surface area contributed by atoms with Crippen LogP contribution in [0.5, 0.6) is 11.5 Å². The number of nitrogens with one attached hydrogen (secondary N) is 1. The zero-order valence-corrected chi connectivity index (χ0v) is 15.8. The van der Waals surface area contributed by atoms with Gasteiger partial charge in [0.05, 0.1) is 12.8 Å². The van der Waals surface area contributed by atoms with E-state index in [4.69, 9.17) is 15.2 Å². The van der Waals surface area contributed by atoms with Crippen LogP contribution in [0.1, 0.15) is 26.3 Å². The van der Waals surface area contributed by atoms with Crippen molar-refractivity contribution in [3.05, 3.63) is 48.0 Å². The molecule has 2 aromatic rings. The Morgan fingerprint density at radius 3 is 2.40 bits per heavy atom. The second-order valence-electron chi connectivity index (χ2n) is 6.54. The summed E-state index contributed by atoms with van der Waals surface area (Å²) < 4.78 is 10.8. The molecule has 3 N–H and O–H groups in total. The van der Waals surface area contributed by atoms with Crippen LogP contribution < -0.4 is 20.5 Å². The lowest BCUT2D eigenvalue weighted by Gasteiger charge is -2.22. The van der Waals surface area contributed by atoms with Crippen molar-refractivity contribution in [2.24, 2.45) is 0 Å². The summed E-state index contributed by atoms with van der Waals surface area (Å²) in [4.78, 5) is 12.1. The first kappa shape index (κ1) is 20.6. The maximum Gasteiger partial charge on any atom is 0.262 e. The number of nitrogen functional groups attached to an aromatic ring is 1. The van der Waals surface area contributed by atoms with E-state index in [0.717, 1.165) is 11.3 Å². The number of halogens is 1. The quantitative estimate of drug-likeness (QED) is 0.786. The van der Waals surface area contributed by atoms with E-state index in [9.17, 15) is 4.79 Å². The lowest BCUT2D eigenvalue weighted by Crippen LogP contribution is -2.22. The highest BCUT2D eigenvalue weighted by atomic mass is 35.5. The lowest BCUT2D eigenvalue weighted by molar-refractivity contribution is -0.118. The summed E-state index contributed by atoms with van der Waals surface area (Å²) in [6.45, 7) is 6.25. The monoisotopic (exact) mass is 364 g/mol. The predicted octanol–water partition coefficient (Wildman–Crippen LogP) is 4.01. The van der Waals surface area contributed by atoms with Crippen LogP contribution in [0.3, 0.4) is 0 Å². The molecule has 0 aliphatic rings. The zero-order chi connectivity index (χ0) is 17.7. The first-order chi connectivity index (χ1) is 11.3. The second kappa shape index (κ2) is 8.62. The minimum absolute atomic E-state index is 0. The number of hydrogen-bond donors (Lipinski definition) is 2. The molecular formula is C19H25ClN2O3. The number of ether oxygens (including phenoxy) is 2. The fourth-order valence-corrected chi connectivity index (χ4v) is 2.36. The van der Waals surface area contributed by atoms with Crippen LogP contribution in [-0.4, -0.2) is 19.6 Å². The summed E-state index contributed by atoms with van der Waals surface area (Å²) in [7, 11) is 1.55. The lowest BCUT2D eigenvalue weighted by atomic mass is 9.86. The molecule has 0 aliphatic heterocycles. The number of benzene rings is 2. The third-order valence-corrected chi connectivity index (χ3v) is 3.57. The van der Waals surface area contributed by atoms with E-state index in [1.165, 1.54) is 0 Å². The maximum atomic E-state index is 12.1. The van der Waals surface area contributed by atoms with E-state index in [-0.39, 0.29) is 30.3 Å². The van der Waals surface area contributed by atoms with Gasteiger partial charge in [-0.3, -0.25) is 4.79 Å². The Labute approximate surface area is 154 Å². The molecule has 0 saturated heterocycles. The van der Waals surface area contributed by atoms with Crippen molar-refractivity contribution in [2.45, 2.75) is 26.2 Å². The standard InChI is InChI=1S/C19H24N2O3.ClH/c1-19(2,3)14-7-5-6-8-16(14)24-12-18(22)21-13-9-10-17(23-4)15(20)11-13;/h5-11H,12,20H2,1-4H3,(H,21,22);1H. The molecule has 0 spiro atoms. The number of carbonyl (C=O) groups is 1. The van der Waals surface area contributed by atoms with E-state index < -0.39 is 0 Å². The number of methoxy groups -OCH3 is 1. The van der Waals surface area contributed by atoms with Crippen LogP contribution in [0.15, 0.2) is 42.5 Å². The molecule has 25 heavy (non-hydrogen) atoms. The normalized spacial score (nSPS) is 10.6. The minimum Gasteiger partial charge on any atom is -0.495 e. The minimum atomic E-state index is -0.247. The summed E-state index contributed by atoms with van der Waals surface area (Å²) in [5, 5.41) is 2.76. The molecule has 5 nitrogen and oxygen atoms in total. The Balaban J connectivity index is 0.00000312. The number of anilines is 2. The molecule has 0 radical (unpaired) electrons. The van der Waals surface area contributed by atoms with Gasteiger partial charge >= 0.3 is 0 Å². The molecule has 0 heterocycles. The average molecular weight is 365 g/mol. The Hall–Kier alpha value is -2.40. The van der Waals surface area contributed by atoms with Crippen LogP contribution in [0.2, 0.25) is 0 Å². The van der Waals surface area contributed by atoms with Gasteiger partial charge in [0.25, 0.3) is 5.91 Å². The molecule has 6 heteroatoms. The number of carbonyl (C=O) groups excluding carboxylic acids is 1. The van der Waals surface area contributed by atoms with E-state index in [1.807, 2.05) is 24.3 Å². The third-order valence-electron chi connectivity index (χ3n) is 3.57. The van der Waals surface area contributed by atoms with Crippen molar-refractivity contribution < 1.29 is 14.3 Å². The molecule has 136 valence electrons. The first-order valence-electron chi connectivity index (χ1n) is 7.77. The number of nitrogens with two attached hydrogens (primary N) is 1. The highest BCUT2D eigenvalue weighted by Crippen LogP contribution is 2.31. The largest absolute Gasteiger partial charge is 0.495 e. The second-order valence-corrected chi connectivity index (χ2v) is 6.54. The smallest absolute Gasteiger partial charge is 0.262 e. The van der Waals surface area contributed by atoms with E-state index >= 15 is 0 Å². The highest BCUT2D eigenvalue weighted by Gasteiger charge is 2.18. The number of para-hydroxylation sites is 1. The highest BCUT2D eigenvalue weighted by molar-refractivity contribution is 5.92. The van der Waals surface area contributed by atoms with Crippen LogP contribution in [0.25, 0.3) is 0 Å². The van der Waals surface area contributed by atoms with Crippen LogP contribution in [-0.2, 0) is 10.2 Å². The van der Waals surface area contributed by atoms with Gasteiger partial charge in [0, 0.05) is 5.69 Å². The molecule has 0 atom stereocenters. The van der Waals surface area contributed by atoms with E-state index in [0.29, 0.717) is 17.1 Å². The van der Waals surface area contributed by atoms with Crippen molar-refractivity contribution in [2.75, 3.05) is 24.8 Å². The third kappa shape index (κ3) is 5.57. The molecule has 2 rings (SSSR count). The van der Waals surface area contributed by atoms with Gasteiger partial charge in [0.2, 0.25) is 0 Å². The van der Waals surface area contributed by atoms with Gasteiger partial charge in [-0.15, -0.1) is 12.4 Å². The zero-order valence-electron chi connectivity index (χ0n) is 15.0. The molecular weight excluding hydrogens is 340 g/mol. The average Bonchev–Trinajstić information content (AvgIpc) is 2.52. The van der Waals surface area contributed by atoms with E-state index in [1.54, 1.807) is 25.3 Å². The molecule has 0 aliphatic carbocycles. The van der Waals surface area contributed by atoms with E-state index in [2.05, 4.69) is 26.1 Å². The molecule has 0 fully saturated rings. The number of amides is 1. The summed E-state index contributed by atoms with van der Waals surface area (Å²) in [5.41, 5.74) is 7.91. The van der Waals surface area contributed by atoms with Crippen molar-refractivity contribution in [3.63, 3.8) is 0 Å². The van der Waals surface area contributed by atoms with Gasteiger partial charge in [-0.25, -0.2) is 0 Å². The Bertz CT molecular complexity index is 727. The van der Waals surface area contributed by atoms with Crippen molar-refractivity contribution >= 4 is 29.7 Å². The van der Waals surface area contributed by atoms with Crippen LogP contribution >= 0.6 is 12.4 Å². The summed E-state index contributed by atoms with van der Waals surface area (Å²) in [6, 6.07) is 12.8. The van der Waals surface area contributed by atoms with Crippen molar-refractivity contribution in [1.29, 1.82) is 0 Å². The topological polar surface area (TPSA) is 73.6 Å². The summed E-state index contributed by atoms with van der Waals surface area (Å²) in [5.74, 6) is 1.04. The summed E-state index contributed by atoms with van der Waals surface area (Å²) >= 11 is 0. The van der Waals surface area contributed by atoms with Crippen LogP contribution in [0, 0.1) is 0 Å². The molecule has 1 amide bonds. The van der Waals surface area contributed by atoms with Gasteiger partial charge in [-0.2, -0.15) is 0 Å². The fourth-order valence-electron chi connectivity index (χ4n) is 2.36. The van der Waals surface area contributed by atoms with Crippen molar-refractivity contribution in [1.82, 2.24) is 0 Å². The maximum absolute atomic E-state index is 12.1. The van der Waals surface area contributed by atoms with Gasteiger partial charge in [0.1, 0.15) is 11.5 Å². The van der Waals surface area contributed by atoms with Crippen molar-refractivity contribution in [3.8, 4) is 11.5 Å². The van der Waals surface area contributed by atoms with Crippen LogP contribution in [0.4, 0.5) is 11.4 Å². The fraction of sp³-hybridized carbons (Fsp3) is 0.316. The van der Waals surface area contributed by atoms with Gasteiger partial charge in [0.15, 0.2) is 6.61 Å². The first-order valence-corrected chi connectivity index (χ1v) is 7.77. The van der Waals surface area contributed by atoms with Gasteiger partial charge in [-0.05, 0) is 35.2 Å². The SMILES string of the molecule is COc1ccc(NC(=O)COc2ccccc2C(C)(C)C)cc1N.Cl. The van der Waals surface area contributed by atoms with Gasteiger partial charge in [-0.1, -0.05) is 39.0 Å². The number of hydrogen-bond acceptors (Lipinski definition) is 4. The number of rotatable bonds is 5.